The molecule has 0 amide bonds. The highest BCUT2D eigenvalue weighted by atomic mass is 14.8. The van der Waals surface area contributed by atoms with Crippen LogP contribution in [-0.2, 0) is 0 Å². The van der Waals surface area contributed by atoms with E-state index < -0.39 is 0 Å². The summed E-state index contributed by atoms with van der Waals surface area (Å²) in [4.78, 5) is 4.36. The zero-order valence-corrected chi connectivity index (χ0v) is 8.03. The first-order valence-corrected chi connectivity index (χ1v) is 4.63. The van der Waals surface area contributed by atoms with Gasteiger partial charge in [0.2, 0.25) is 0 Å². The lowest BCUT2D eigenvalue weighted by atomic mass is 10.1. The molecule has 0 bridgehead atoms. The molecule has 1 aromatic heterocycles. The molecular formula is C10H17N3. The van der Waals surface area contributed by atoms with Crippen molar-refractivity contribution in [3.05, 3.63) is 29.6 Å². The molecule has 72 valence electrons. The second-order valence-corrected chi connectivity index (χ2v) is 3.24. The van der Waals surface area contributed by atoms with E-state index in [1.807, 2.05) is 25.1 Å². The summed E-state index contributed by atoms with van der Waals surface area (Å²) in [5.74, 6) is 0. The smallest absolute Gasteiger partial charge is 0.0574 e. The third-order valence-corrected chi connectivity index (χ3v) is 2.01. The SMILES string of the molecule is Cc1cccc([C@H](N)CCCN)n1. The van der Waals surface area contributed by atoms with E-state index >= 15 is 0 Å². The lowest BCUT2D eigenvalue weighted by Crippen LogP contribution is -2.14. The molecule has 0 saturated carbocycles. The fourth-order valence-electron chi connectivity index (χ4n) is 1.26. The molecule has 0 saturated heterocycles. The van der Waals surface area contributed by atoms with Gasteiger partial charge in [0.05, 0.1) is 5.69 Å². The summed E-state index contributed by atoms with van der Waals surface area (Å²) in [5, 5.41) is 0. The van der Waals surface area contributed by atoms with Gasteiger partial charge < -0.3 is 11.5 Å². The molecule has 0 aromatic carbocycles. The zero-order chi connectivity index (χ0) is 9.68. The first-order chi connectivity index (χ1) is 6.24. The van der Waals surface area contributed by atoms with E-state index in [0.717, 1.165) is 24.2 Å². The van der Waals surface area contributed by atoms with E-state index in [4.69, 9.17) is 11.5 Å². The largest absolute Gasteiger partial charge is 0.330 e. The molecule has 1 aromatic rings. The van der Waals surface area contributed by atoms with Crippen LogP contribution in [0.25, 0.3) is 0 Å². The summed E-state index contributed by atoms with van der Waals surface area (Å²) < 4.78 is 0. The van der Waals surface area contributed by atoms with Crippen molar-refractivity contribution in [1.29, 1.82) is 0 Å². The Balaban J connectivity index is 2.60. The monoisotopic (exact) mass is 179 g/mol. The normalized spacial score (nSPS) is 12.8. The van der Waals surface area contributed by atoms with Gasteiger partial charge >= 0.3 is 0 Å². The predicted octanol–water partition coefficient (Wildman–Crippen LogP) is 1.13. The van der Waals surface area contributed by atoms with Gasteiger partial charge in [-0.15, -0.1) is 0 Å². The van der Waals surface area contributed by atoms with Crippen molar-refractivity contribution in [2.45, 2.75) is 25.8 Å². The average Bonchev–Trinajstić information content (AvgIpc) is 2.14. The number of pyridine rings is 1. The fraction of sp³-hybridized carbons (Fsp3) is 0.500. The van der Waals surface area contributed by atoms with Crippen LogP contribution in [-0.4, -0.2) is 11.5 Å². The Hall–Kier alpha value is -0.930. The molecular weight excluding hydrogens is 162 g/mol. The van der Waals surface area contributed by atoms with Crippen molar-refractivity contribution in [2.75, 3.05) is 6.54 Å². The zero-order valence-electron chi connectivity index (χ0n) is 8.03. The second kappa shape index (κ2) is 4.94. The van der Waals surface area contributed by atoms with Crippen molar-refractivity contribution >= 4 is 0 Å². The van der Waals surface area contributed by atoms with Gasteiger partial charge in [-0.3, -0.25) is 4.98 Å². The summed E-state index contributed by atoms with van der Waals surface area (Å²) in [5.41, 5.74) is 13.3. The Morgan fingerprint density at radius 3 is 2.85 bits per heavy atom. The molecule has 0 unspecified atom stereocenters. The summed E-state index contributed by atoms with van der Waals surface area (Å²) in [6.45, 7) is 2.67. The van der Waals surface area contributed by atoms with Gasteiger partial charge in [0.25, 0.3) is 0 Å². The fourth-order valence-corrected chi connectivity index (χ4v) is 1.26. The predicted molar refractivity (Wildman–Crippen MR) is 54.2 cm³/mol. The van der Waals surface area contributed by atoms with Crippen LogP contribution in [0.15, 0.2) is 18.2 Å². The molecule has 0 spiro atoms. The van der Waals surface area contributed by atoms with Gasteiger partial charge in [-0.2, -0.15) is 0 Å². The maximum absolute atomic E-state index is 5.93. The lowest BCUT2D eigenvalue weighted by Gasteiger charge is -2.10. The summed E-state index contributed by atoms with van der Waals surface area (Å²) in [6.07, 6.45) is 1.86. The quantitative estimate of drug-likeness (QED) is 0.728. The maximum Gasteiger partial charge on any atom is 0.0574 e. The first kappa shape index (κ1) is 10.2. The van der Waals surface area contributed by atoms with Crippen molar-refractivity contribution in [3.8, 4) is 0 Å². The van der Waals surface area contributed by atoms with Crippen LogP contribution in [0.5, 0.6) is 0 Å². The Kier molecular flexibility index (Phi) is 3.86. The topological polar surface area (TPSA) is 64.9 Å². The van der Waals surface area contributed by atoms with E-state index in [1.54, 1.807) is 0 Å². The number of rotatable bonds is 4. The Bertz CT molecular complexity index is 260. The number of aryl methyl sites for hydroxylation is 1. The third kappa shape index (κ3) is 3.13. The van der Waals surface area contributed by atoms with Gasteiger partial charge in [0.15, 0.2) is 0 Å². The average molecular weight is 179 g/mol. The van der Waals surface area contributed by atoms with Crippen LogP contribution in [0.1, 0.15) is 30.3 Å². The molecule has 0 aliphatic carbocycles. The molecule has 0 fully saturated rings. The van der Waals surface area contributed by atoms with Crippen molar-refractivity contribution < 1.29 is 0 Å². The highest BCUT2D eigenvalue weighted by Crippen LogP contribution is 2.12. The van der Waals surface area contributed by atoms with E-state index in [-0.39, 0.29) is 6.04 Å². The number of nitrogens with zero attached hydrogens (tertiary/aromatic N) is 1. The maximum atomic E-state index is 5.93. The van der Waals surface area contributed by atoms with E-state index in [2.05, 4.69) is 4.98 Å². The summed E-state index contributed by atoms with van der Waals surface area (Å²) in [6, 6.07) is 5.95. The minimum Gasteiger partial charge on any atom is -0.330 e. The Labute approximate surface area is 79.2 Å². The Morgan fingerprint density at radius 2 is 2.23 bits per heavy atom. The Morgan fingerprint density at radius 1 is 1.46 bits per heavy atom. The van der Waals surface area contributed by atoms with Crippen LogP contribution in [0, 0.1) is 6.92 Å². The van der Waals surface area contributed by atoms with Gasteiger partial charge in [0.1, 0.15) is 0 Å². The van der Waals surface area contributed by atoms with Crippen LogP contribution in [0.4, 0.5) is 0 Å². The van der Waals surface area contributed by atoms with Crippen molar-refractivity contribution in [2.24, 2.45) is 11.5 Å². The first-order valence-electron chi connectivity index (χ1n) is 4.63. The molecule has 3 nitrogen and oxygen atoms in total. The van der Waals surface area contributed by atoms with Gasteiger partial charge in [-0.05, 0) is 38.4 Å². The van der Waals surface area contributed by atoms with E-state index in [1.165, 1.54) is 0 Å². The van der Waals surface area contributed by atoms with E-state index in [9.17, 15) is 0 Å². The highest BCUT2D eigenvalue weighted by molar-refractivity contribution is 5.12. The summed E-state index contributed by atoms with van der Waals surface area (Å²) in [7, 11) is 0. The van der Waals surface area contributed by atoms with Crippen LogP contribution >= 0.6 is 0 Å². The molecule has 0 aliphatic heterocycles. The molecule has 13 heavy (non-hydrogen) atoms. The van der Waals surface area contributed by atoms with Crippen LogP contribution in [0.3, 0.4) is 0 Å². The standard InChI is InChI=1S/C10H17N3/c1-8-4-2-6-10(13-8)9(12)5-3-7-11/h2,4,6,9H,3,5,7,11-12H2,1H3/t9-/m1/s1. The third-order valence-electron chi connectivity index (χ3n) is 2.01. The summed E-state index contributed by atoms with van der Waals surface area (Å²) >= 11 is 0. The molecule has 1 rings (SSSR count). The number of nitrogens with two attached hydrogens (primary N) is 2. The number of aromatic nitrogens is 1. The van der Waals surface area contributed by atoms with Crippen LogP contribution in [0.2, 0.25) is 0 Å². The molecule has 4 N–H and O–H groups in total. The van der Waals surface area contributed by atoms with Crippen molar-refractivity contribution in [3.63, 3.8) is 0 Å². The van der Waals surface area contributed by atoms with Crippen LogP contribution < -0.4 is 11.5 Å². The minimum atomic E-state index is 0.0310. The van der Waals surface area contributed by atoms with Crippen molar-refractivity contribution in [1.82, 2.24) is 4.98 Å². The molecule has 1 heterocycles. The van der Waals surface area contributed by atoms with Gasteiger partial charge in [-0.25, -0.2) is 0 Å². The highest BCUT2D eigenvalue weighted by Gasteiger charge is 2.05. The number of hydrogen-bond acceptors (Lipinski definition) is 3. The van der Waals surface area contributed by atoms with Gasteiger partial charge in [-0.1, -0.05) is 6.07 Å². The van der Waals surface area contributed by atoms with E-state index in [0.29, 0.717) is 6.54 Å². The molecule has 3 heteroatoms. The molecule has 1 atom stereocenters. The number of hydrogen-bond donors (Lipinski definition) is 2. The molecule has 0 radical (unpaired) electrons. The van der Waals surface area contributed by atoms with Gasteiger partial charge in [0, 0.05) is 11.7 Å². The second-order valence-electron chi connectivity index (χ2n) is 3.24. The molecule has 0 aliphatic rings. The lowest BCUT2D eigenvalue weighted by molar-refractivity contribution is 0.602. The minimum absolute atomic E-state index is 0.0310.